The topological polar surface area (TPSA) is 81.9 Å². The van der Waals surface area contributed by atoms with Gasteiger partial charge in [0.2, 0.25) is 0 Å². The summed E-state index contributed by atoms with van der Waals surface area (Å²) >= 11 is 3.56. The van der Waals surface area contributed by atoms with E-state index < -0.39 is 12.2 Å². The summed E-state index contributed by atoms with van der Waals surface area (Å²) in [5.74, 6) is 0. The predicted octanol–water partition coefficient (Wildman–Crippen LogP) is 6.82. The van der Waals surface area contributed by atoms with Gasteiger partial charge in [0.15, 0.2) is 0 Å². The number of hydrogen-bond donors (Lipinski definition) is 1. The van der Waals surface area contributed by atoms with Crippen LogP contribution in [0.25, 0.3) is 33.3 Å². The molecule has 0 spiro atoms. The van der Waals surface area contributed by atoms with E-state index in [-0.39, 0.29) is 6.61 Å². The Kier molecular flexibility index (Phi) is 8.38. The van der Waals surface area contributed by atoms with Crippen molar-refractivity contribution in [2.45, 2.75) is 26.8 Å². The Morgan fingerprint density at radius 3 is 2.44 bits per heavy atom. The first-order chi connectivity index (χ1) is 17.5. The number of carbonyl (C=O) groups is 2. The third-order valence-electron chi connectivity index (χ3n) is 5.68. The number of rotatable bonds is 7. The van der Waals surface area contributed by atoms with Crippen molar-refractivity contribution < 1.29 is 19.1 Å². The number of anilines is 1. The molecule has 0 fully saturated rings. The molecule has 0 atom stereocenters. The highest BCUT2D eigenvalue weighted by molar-refractivity contribution is 9.09. The Labute approximate surface area is 218 Å². The molecular formula is C28H28BrN3O4. The fraction of sp³-hybridized carbons (Fsp3) is 0.250. The van der Waals surface area contributed by atoms with Gasteiger partial charge in [-0.1, -0.05) is 58.4 Å². The molecule has 1 N–H and O–H groups in total. The first-order valence-electron chi connectivity index (χ1n) is 11.9. The van der Waals surface area contributed by atoms with Crippen molar-refractivity contribution in [1.29, 1.82) is 0 Å². The molecule has 0 saturated heterocycles. The fourth-order valence-electron chi connectivity index (χ4n) is 4.26. The van der Waals surface area contributed by atoms with E-state index in [0.717, 1.165) is 51.6 Å². The van der Waals surface area contributed by atoms with Crippen LogP contribution in [-0.2, 0) is 16.0 Å². The van der Waals surface area contributed by atoms with Gasteiger partial charge in [0.05, 0.1) is 30.0 Å². The van der Waals surface area contributed by atoms with E-state index in [4.69, 9.17) is 9.47 Å². The van der Waals surface area contributed by atoms with Crippen molar-refractivity contribution in [1.82, 2.24) is 4.57 Å². The molecule has 1 heterocycles. The van der Waals surface area contributed by atoms with Crippen molar-refractivity contribution in [3.05, 3.63) is 72.1 Å². The van der Waals surface area contributed by atoms with Gasteiger partial charge in [0, 0.05) is 28.5 Å². The molecular weight excluding hydrogens is 522 g/mol. The maximum absolute atomic E-state index is 12.1. The zero-order chi connectivity index (χ0) is 25.5. The van der Waals surface area contributed by atoms with E-state index in [2.05, 4.69) is 42.9 Å². The fourth-order valence-corrected chi connectivity index (χ4v) is 4.51. The Morgan fingerprint density at radius 2 is 1.72 bits per heavy atom. The number of alkyl halides is 1. The van der Waals surface area contributed by atoms with Crippen molar-refractivity contribution in [3.8, 4) is 22.5 Å². The maximum atomic E-state index is 12.1. The average Bonchev–Trinajstić information content (AvgIpc) is 2.87. The first-order valence-corrected chi connectivity index (χ1v) is 13.0. The quantitative estimate of drug-likeness (QED) is 0.202. The highest BCUT2D eigenvalue weighted by Crippen LogP contribution is 2.39. The summed E-state index contributed by atoms with van der Waals surface area (Å²) in [5.41, 5.74) is 4.68. The van der Waals surface area contributed by atoms with Gasteiger partial charge in [-0.2, -0.15) is 4.99 Å². The lowest BCUT2D eigenvalue weighted by Crippen LogP contribution is -2.15. The molecule has 8 heteroatoms. The zero-order valence-electron chi connectivity index (χ0n) is 20.3. The van der Waals surface area contributed by atoms with Gasteiger partial charge in [-0.25, -0.2) is 9.59 Å². The first kappa shape index (κ1) is 25.4. The molecule has 0 saturated carbocycles. The molecule has 0 unspecified atom stereocenters. The Bertz CT molecular complexity index is 1420. The second kappa shape index (κ2) is 11.9. The second-order valence-electron chi connectivity index (χ2n) is 8.03. The van der Waals surface area contributed by atoms with Gasteiger partial charge < -0.3 is 14.0 Å². The van der Waals surface area contributed by atoms with Crippen LogP contribution < -0.4 is 10.7 Å². The van der Waals surface area contributed by atoms with Crippen molar-refractivity contribution in [2.24, 2.45) is 4.99 Å². The highest BCUT2D eigenvalue weighted by atomic mass is 79.9. The molecule has 0 bridgehead atoms. The number of carbonyl (C=O) groups excluding carboxylic acids is 2. The maximum Gasteiger partial charge on any atom is 0.434 e. The Morgan fingerprint density at radius 1 is 0.944 bits per heavy atom. The minimum atomic E-state index is -0.609. The van der Waals surface area contributed by atoms with Crippen LogP contribution in [0.2, 0.25) is 0 Å². The van der Waals surface area contributed by atoms with Gasteiger partial charge in [-0.3, -0.25) is 5.32 Å². The van der Waals surface area contributed by atoms with Crippen LogP contribution in [-0.4, -0.2) is 35.3 Å². The third kappa shape index (κ3) is 5.60. The van der Waals surface area contributed by atoms with Crippen LogP contribution >= 0.6 is 15.9 Å². The molecule has 1 aliphatic heterocycles. The van der Waals surface area contributed by atoms with E-state index in [0.29, 0.717) is 17.7 Å². The monoisotopic (exact) mass is 549 g/mol. The molecule has 2 aromatic rings. The Balaban J connectivity index is 2.04. The number of halogens is 1. The molecule has 2 amide bonds. The standard InChI is InChI=1S/C28H28BrN3O4/c1-3-35-27(33)30-20-11-13-22-23-14-12-21(31-28(34)36-4-2)18-25(23)32(16-8-15-29)26(24(22)17-20)19-9-6-5-7-10-19/h5-7,9-14,17-18H,3-4,8,15-16H2,1-2H3,(H,30,33). The lowest BCUT2D eigenvalue weighted by Gasteiger charge is -2.25. The summed E-state index contributed by atoms with van der Waals surface area (Å²) in [6.45, 7) is 4.83. The summed E-state index contributed by atoms with van der Waals surface area (Å²) < 4.78 is 12.3. The zero-order valence-corrected chi connectivity index (χ0v) is 21.9. The number of nitrogens with zero attached hydrogens (tertiary/aromatic N) is 2. The normalized spacial score (nSPS) is 11.6. The minimum absolute atomic E-state index is 0.270. The van der Waals surface area contributed by atoms with Crippen LogP contribution in [0.4, 0.5) is 15.3 Å². The van der Waals surface area contributed by atoms with Crippen LogP contribution in [0.15, 0.2) is 71.7 Å². The number of fused-ring (bicyclic) bond motifs is 3. The van der Waals surface area contributed by atoms with E-state index in [1.165, 1.54) is 0 Å². The summed E-state index contributed by atoms with van der Waals surface area (Å²) in [5, 5.41) is 6.21. The van der Waals surface area contributed by atoms with Crippen molar-refractivity contribution in [2.75, 3.05) is 23.9 Å². The van der Waals surface area contributed by atoms with E-state index in [9.17, 15) is 9.59 Å². The van der Waals surface area contributed by atoms with Gasteiger partial charge in [0.25, 0.3) is 0 Å². The van der Waals surface area contributed by atoms with Gasteiger partial charge >= 0.3 is 12.2 Å². The molecule has 36 heavy (non-hydrogen) atoms. The molecule has 7 nitrogen and oxygen atoms in total. The van der Waals surface area contributed by atoms with E-state index >= 15 is 0 Å². The summed E-state index contributed by atoms with van der Waals surface area (Å²) in [7, 11) is 0. The number of amides is 2. The molecule has 2 aromatic carbocycles. The molecule has 2 aliphatic rings. The number of aromatic nitrogens is 1. The van der Waals surface area contributed by atoms with Crippen molar-refractivity contribution in [3.63, 3.8) is 0 Å². The Hall–Kier alpha value is -3.65. The number of ether oxygens (including phenoxy) is 2. The van der Waals surface area contributed by atoms with Crippen molar-refractivity contribution >= 4 is 44.6 Å². The summed E-state index contributed by atoms with van der Waals surface area (Å²) in [6.07, 6.45) is -0.204. The van der Waals surface area contributed by atoms with Crippen LogP contribution in [0, 0.1) is 0 Å². The molecule has 4 rings (SSSR count). The highest BCUT2D eigenvalue weighted by Gasteiger charge is 2.19. The van der Waals surface area contributed by atoms with E-state index in [1.807, 2.05) is 54.6 Å². The number of hydrogen-bond acceptors (Lipinski definition) is 4. The molecule has 1 aliphatic carbocycles. The smallest absolute Gasteiger partial charge is 0.434 e. The van der Waals surface area contributed by atoms with Crippen LogP contribution in [0.3, 0.4) is 0 Å². The number of benzene rings is 3. The molecule has 186 valence electrons. The number of pyridine rings is 1. The van der Waals surface area contributed by atoms with Crippen LogP contribution in [0.1, 0.15) is 20.3 Å². The van der Waals surface area contributed by atoms with Crippen LogP contribution in [0.5, 0.6) is 0 Å². The second-order valence-corrected chi connectivity index (χ2v) is 8.82. The van der Waals surface area contributed by atoms with Gasteiger partial charge in [0.1, 0.15) is 0 Å². The lowest BCUT2D eigenvalue weighted by molar-refractivity contribution is 0.162. The molecule has 0 radical (unpaired) electrons. The minimum Gasteiger partial charge on any atom is -0.450 e. The molecule has 0 aromatic heterocycles. The largest absolute Gasteiger partial charge is 0.450 e. The summed E-state index contributed by atoms with van der Waals surface area (Å²) in [6, 6.07) is 21.7. The summed E-state index contributed by atoms with van der Waals surface area (Å²) in [4.78, 5) is 28.3. The lowest BCUT2D eigenvalue weighted by atomic mass is 9.94. The van der Waals surface area contributed by atoms with Gasteiger partial charge in [-0.05, 0) is 55.5 Å². The number of nitrogens with one attached hydrogen (secondary N) is 1. The third-order valence-corrected chi connectivity index (χ3v) is 6.24. The average molecular weight is 550 g/mol. The predicted molar refractivity (Wildman–Crippen MR) is 146 cm³/mol. The van der Waals surface area contributed by atoms with E-state index in [1.54, 1.807) is 13.8 Å². The SMILES string of the molecule is CCOC(=O)N=c1ccc2c3ccc(NC(=O)OCC)cc3c(-c3ccccc3)n(CCCBr)c-2c1. The van der Waals surface area contributed by atoms with Gasteiger partial charge in [-0.15, -0.1) is 0 Å².